The normalized spacial score (nSPS) is 13.1. The van der Waals surface area contributed by atoms with Gasteiger partial charge in [-0.3, -0.25) is 9.59 Å². The van der Waals surface area contributed by atoms with Crippen molar-refractivity contribution in [3.8, 4) is 11.5 Å². The van der Waals surface area contributed by atoms with Crippen LogP contribution in [0.25, 0.3) is 10.9 Å². The van der Waals surface area contributed by atoms with Crippen LogP contribution >= 0.6 is 0 Å². The Morgan fingerprint density at radius 2 is 2.08 bits per heavy atom. The number of aromatic nitrogens is 1. The number of rotatable bonds is 3. The molecule has 0 unspecified atom stereocenters. The summed E-state index contributed by atoms with van der Waals surface area (Å²) in [6, 6.07) is 12.7. The molecule has 120 valence electrons. The highest BCUT2D eigenvalue weighted by atomic mass is 16.5. The van der Waals surface area contributed by atoms with Gasteiger partial charge in [0.2, 0.25) is 0 Å². The molecule has 1 amide bonds. The molecular formula is C18H14N2O4. The van der Waals surface area contributed by atoms with Gasteiger partial charge in [0, 0.05) is 23.2 Å². The fourth-order valence-electron chi connectivity index (χ4n) is 2.72. The topological polar surface area (TPSA) is 80.4 Å². The first-order chi connectivity index (χ1) is 11.7. The summed E-state index contributed by atoms with van der Waals surface area (Å²) in [5, 5.41) is 3.69. The van der Waals surface area contributed by atoms with E-state index in [0.29, 0.717) is 17.2 Å². The molecule has 2 aromatic carbocycles. The lowest BCUT2D eigenvalue weighted by Crippen LogP contribution is -2.25. The Balaban J connectivity index is 1.49. The van der Waals surface area contributed by atoms with Gasteiger partial charge in [-0.2, -0.15) is 0 Å². The molecule has 6 nitrogen and oxygen atoms in total. The number of esters is 1. The lowest BCUT2D eigenvalue weighted by atomic mass is 10.1. The van der Waals surface area contributed by atoms with Crippen LogP contribution in [0.2, 0.25) is 0 Å². The van der Waals surface area contributed by atoms with Crippen molar-refractivity contribution in [2.24, 2.45) is 0 Å². The smallest absolute Gasteiger partial charge is 0.315 e. The lowest BCUT2D eigenvalue weighted by Gasteiger charge is -2.18. The van der Waals surface area contributed by atoms with E-state index in [0.717, 1.165) is 16.5 Å². The van der Waals surface area contributed by atoms with Crippen LogP contribution in [0.4, 0.5) is 5.69 Å². The number of carbonyl (C=O) groups is 2. The summed E-state index contributed by atoms with van der Waals surface area (Å²) >= 11 is 0. The first kappa shape index (κ1) is 14.3. The van der Waals surface area contributed by atoms with E-state index in [-0.39, 0.29) is 24.9 Å². The summed E-state index contributed by atoms with van der Waals surface area (Å²) in [6.45, 7) is -0.0419. The van der Waals surface area contributed by atoms with Crippen molar-refractivity contribution in [3.63, 3.8) is 0 Å². The molecule has 0 saturated heterocycles. The standard InChI is InChI=1S/C18H14N2O4/c21-17-10-23-16-8-12(5-6-15(16)20-17)24-18(22)7-11-9-19-14-4-2-1-3-13(11)14/h1-6,8-9,19H,7,10H2,(H,20,21). The number of nitrogens with one attached hydrogen (secondary N) is 2. The van der Waals surface area contributed by atoms with E-state index in [1.165, 1.54) is 0 Å². The van der Waals surface area contributed by atoms with Gasteiger partial charge < -0.3 is 19.8 Å². The molecule has 0 aliphatic carbocycles. The zero-order chi connectivity index (χ0) is 16.5. The van der Waals surface area contributed by atoms with Gasteiger partial charge in [-0.1, -0.05) is 18.2 Å². The van der Waals surface area contributed by atoms with Gasteiger partial charge in [-0.25, -0.2) is 0 Å². The van der Waals surface area contributed by atoms with Crippen LogP contribution in [0.5, 0.6) is 11.5 Å². The van der Waals surface area contributed by atoms with E-state index in [9.17, 15) is 9.59 Å². The Morgan fingerprint density at radius 3 is 3.00 bits per heavy atom. The quantitative estimate of drug-likeness (QED) is 0.574. The van der Waals surface area contributed by atoms with Crippen LogP contribution in [-0.2, 0) is 16.0 Å². The van der Waals surface area contributed by atoms with Crippen molar-refractivity contribution in [2.75, 3.05) is 11.9 Å². The molecule has 0 bridgehead atoms. The summed E-state index contributed by atoms with van der Waals surface area (Å²) < 4.78 is 10.7. The first-order valence-corrected chi connectivity index (χ1v) is 7.51. The summed E-state index contributed by atoms with van der Waals surface area (Å²) in [5.74, 6) is 0.313. The van der Waals surface area contributed by atoms with Crippen molar-refractivity contribution in [2.45, 2.75) is 6.42 Å². The predicted molar refractivity (Wildman–Crippen MR) is 88.2 cm³/mol. The SMILES string of the molecule is O=C1COc2cc(OC(=O)Cc3c[nH]c4ccccc34)ccc2N1. The average molecular weight is 322 g/mol. The molecule has 0 atom stereocenters. The van der Waals surface area contributed by atoms with Gasteiger partial charge in [-0.05, 0) is 23.8 Å². The van der Waals surface area contributed by atoms with Crippen LogP contribution in [-0.4, -0.2) is 23.5 Å². The highest BCUT2D eigenvalue weighted by Crippen LogP contribution is 2.31. The molecule has 0 saturated carbocycles. The van der Waals surface area contributed by atoms with Crippen LogP contribution < -0.4 is 14.8 Å². The van der Waals surface area contributed by atoms with E-state index in [1.807, 2.05) is 30.5 Å². The van der Waals surface area contributed by atoms with Crippen LogP contribution in [0.15, 0.2) is 48.7 Å². The second kappa shape index (κ2) is 5.73. The van der Waals surface area contributed by atoms with Gasteiger partial charge in [0.1, 0.15) is 11.5 Å². The third-order valence-electron chi connectivity index (χ3n) is 3.83. The molecule has 1 aliphatic rings. The van der Waals surface area contributed by atoms with Crippen molar-refractivity contribution in [1.29, 1.82) is 0 Å². The highest BCUT2D eigenvalue weighted by molar-refractivity contribution is 5.95. The molecule has 24 heavy (non-hydrogen) atoms. The van der Waals surface area contributed by atoms with Gasteiger partial charge in [0.05, 0.1) is 12.1 Å². The van der Waals surface area contributed by atoms with Crippen molar-refractivity contribution in [3.05, 3.63) is 54.2 Å². The zero-order valence-electron chi connectivity index (χ0n) is 12.7. The first-order valence-electron chi connectivity index (χ1n) is 7.51. The maximum Gasteiger partial charge on any atom is 0.315 e. The van der Waals surface area contributed by atoms with E-state index in [1.54, 1.807) is 18.2 Å². The predicted octanol–water partition coefficient (Wildman–Crippen LogP) is 2.65. The highest BCUT2D eigenvalue weighted by Gasteiger charge is 2.17. The van der Waals surface area contributed by atoms with Gasteiger partial charge in [0.25, 0.3) is 5.91 Å². The second-order valence-electron chi connectivity index (χ2n) is 5.51. The minimum absolute atomic E-state index is 0.0419. The number of fused-ring (bicyclic) bond motifs is 2. The maximum absolute atomic E-state index is 12.2. The molecule has 3 aromatic rings. The van der Waals surface area contributed by atoms with E-state index < -0.39 is 0 Å². The summed E-state index contributed by atoms with van der Waals surface area (Å²) in [6.07, 6.45) is 1.98. The number of H-pyrrole nitrogens is 1. The largest absolute Gasteiger partial charge is 0.481 e. The summed E-state index contributed by atoms with van der Waals surface area (Å²) in [7, 11) is 0. The molecule has 2 N–H and O–H groups in total. The molecular weight excluding hydrogens is 308 g/mol. The molecule has 0 radical (unpaired) electrons. The zero-order valence-corrected chi connectivity index (χ0v) is 12.7. The monoisotopic (exact) mass is 322 g/mol. The Morgan fingerprint density at radius 1 is 1.21 bits per heavy atom. The van der Waals surface area contributed by atoms with Crippen LogP contribution in [0.3, 0.4) is 0 Å². The maximum atomic E-state index is 12.2. The van der Waals surface area contributed by atoms with Crippen LogP contribution in [0.1, 0.15) is 5.56 Å². The molecule has 2 heterocycles. The molecule has 0 spiro atoms. The Kier molecular flexibility index (Phi) is 3.42. The van der Waals surface area contributed by atoms with E-state index >= 15 is 0 Å². The summed E-state index contributed by atoms with van der Waals surface area (Å²) in [5.41, 5.74) is 2.44. The molecule has 1 aromatic heterocycles. The lowest BCUT2D eigenvalue weighted by molar-refractivity contribution is -0.133. The van der Waals surface area contributed by atoms with Gasteiger partial charge in [-0.15, -0.1) is 0 Å². The fourth-order valence-corrected chi connectivity index (χ4v) is 2.72. The van der Waals surface area contributed by atoms with Crippen molar-refractivity contribution < 1.29 is 19.1 Å². The number of ether oxygens (including phenoxy) is 2. The third-order valence-corrected chi connectivity index (χ3v) is 3.83. The third kappa shape index (κ3) is 2.69. The Labute approximate surface area is 137 Å². The number of amides is 1. The minimum atomic E-state index is -0.362. The molecule has 4 rings (SSSR count). The van der Waals surface area contributed by atoms with Crippen molar-refractivity contribution in [1.82, 2.24) is 4.98 Å². The molecule has 0 fully saturated rings. The summed E-state index contributed by atoms with van der Waals surface area (Å²) in [4.78, 5) is 26.6. The molecule has 1 aliphatic heterocycles. The van der Waals surface area contributed by atoms with E-state index in [2.05, 4.69) is 10.3 Å². The Bertz CT molecular complexity index is 945. The number of para-hydroxylation sites is 1. The van der Waals surface area contributed by atoms with Crippen molar-refractivity contribution >= 4 is 28.5 Å². The minimum Gasteiger partial charge on any atom is -0.481 e. The van der Waals surface area contributed by atoms with Gasteiger partial charge in [0.15, 0.2) is 6.61 Å². The number of hydrogen-bond donors (Lipinski definition) is 2. The van der Waals surface area contributed by atoms with Gasteiger partial charge >= 0.3 is 5.97 Å². The molecule has 6 heteroatoms. The number of benzene rings is 2. The number of anilines is 1. The van der Waals surface area contributed by atoms with E-state index in [4.69, 9.17) is 9.47 Å². The number of hydrogen-bond acceptors (Lipinski definition) is 4. The number of carbonyl (C=O) groups excluding carboxylic acids is 2. The fraction of sp³-hybridized carbons (Fsp3) is 0.111. The number of aromatic amines is 1. The van der Waals surface area contributed by atoms with Crippen LogP contribution in [0, 0.1) is 0 Å². The second-order valence-corrected chi connectivity index (χ2v) is 5.51. The Hall–Kier alpha value is -3.28. The average Bonchev–Trinajstić information content (AvgIpc) is 2.98.